The summed E-state index contributed by atoms with van der Waals surface area (Å²) >= 11 is 7.74. The molecule has 9 nitrogen and oxygen atoms in total. The largest absolute Gasteiger partial charge is 0.487 e. The van der Waals surface area contributed by atoms with Crippen molar-refractivity contribution in [1.29, 1.82) is 0 Å². The number of nitrogens with two attached hydrogens (primary N) is 2. The predicted octanol–water partition coefficient (Wildman–Crippen LogP) is 3.73. The van der Waals surface area contributed by atoms with Crippen molar-refractivity contribution in [1.82, 2.24) is 10.2 Å². The Hall–Kier alpha value is -3.32. The maximum Gasteiger partial charge on any atom is 0.251 e. The monoisotopic (exact) mass is 528 g/mol. The van der Waals surface area contributed by atoms with E-state index in [4.69, 9.17) is 10.2 Å². The highest BCUT2D eigenvalue weighted by atomic mass is 32.2. The number of hydrogen-bond donors (Lipinski definition) is 5. The summed E-state index contributed by atoms with van der Waals surface area (Å²) in [4.78, 5) is 0.309. The number of nitrogens with one attached hydrogen (secondary N) is 1. The van der Waals surface area contributed by atoms with Gasteiger partial charge in [0.25, 0.3) is 10.3 Å². The molecule has 0 aliphatic carbocycles. The Kier molecular flexibility index (Phi) is 18.8. The zero-order valence-corrected chi connectivity index (χ0v) is 20.5. The fourth-order valence-corrected chi connectivity index (χ4v) is 3.23. The molecule has 0 saturated carbocycles. The number of sulfone groups is 1. The number of rotatable bonds is 3. The SMILES string of the molecule is C.C=CC.CS(=O)(=O)c1ccccc1-c1c[nH]nc1-c1ccccc1.NC(O)=S.NC(O)=S.O. The third kappa shape index (κ3) is 14.0. The Balaban J connectivity index is -0.000000630. The van der Waals surface area contributed by atoms with Crippen LogP contribution >= 0.6 is 24.4 Å². The lowest BCUT2D eigenvalue weighted by Gasteiger charge is -2.08. The predicted molar refractivity (Wildman–Crippen MR) is 148 cm³/mol. The molecule has 0 amide bonds. The molecule has 12 heteroatoms. The minimum Gasteiger partial charge on any atom is -0.487 e. The normalized spacial score (nSPS) is 8.88. The number of aliphatic hydroxyl groups excluding tert-OH is 2. The molecule has 188 valence electrons. The number of thiocarbonyl (C=S) groups is 2. The molecule has 0 unspecified atom stereocenters. The first kappa shape index (κ1) is 35.3. The molecule has 0 aliphatic heterocycles. The van der Waals surface area contributed by atoms with E-state index in [0.717, 1.165) is 16.8 Å². The summed E-state index contributed by atoms with van der Waals surface area (Å²) in [6.45, 7) is 5.25. The summed E-state index contributed by atoms with van der Waals surface area (Å²) in [5.41, 5.74) is 11.9. The van der Waals surface area contributed by atoms with Crippen molar-refractivity contribution in [3.8, 4) is 22.4 Å². The van der Waals surface area contributed by atoms with Gasteiger partial charge in [-0.15, -0.1) is 6.58 Å². The van der Waals surface area contributed by atoms with Gasteiger partial charge >= 0.3 is 0 Å². The van der Waals surface area contributed by atoms with Crippen LogP contribution in [0.4, 0.5) is 0 Å². The molecule has 2 aromatic carbocycles. The average molecular weight is 529 g/mol. The zero-order chi connectivity index (χ0) is 24.7. The standard InChI is InChI=1S/C16H14N2O2S.C3H6.2CH3NOS.CH4.H2O/c1-21(19,20)15-10-6-5-9-13(15)14-11-17-18-16(14)12-7-3-2-4-8-12;1-3-2;2*2-1(3)4;;/h2-11H,1H3,(H,17,18);3H,1H2,2H3;2*(H3,2,3,4);1H4;1H2. The molecule has 0 radical (unpaired) electrons. The van der Waals surface area contributed by atoms with Gasteiger partial charge in [0.05, 0.1) is 10.6 Å². The van der Waals surface area contributed by atoms with Crippen LogP contribution in [0, 0.1) is 0 Å². The lowest BCUT2D eigenvalue weighted by atomic mass is 10.0. The number of nitrogens with zero attached hydrogens (tertiary/aromatic N) is 1. The van der Waals surface area contributed by atoms with Crippen LogP contribution in [0.3, 0.4) is 0 Å². The highest BCUT2D eigenvalue weighted by Crippen LogP contribution is 2.33. The van der Waals surface area contributed by atoms with Gasteiger partial charge in [-0.25, -0.2) is 8.42 Å². The third-order valence-corrected chi connectivity index (χ3v) is 4.42. The maximum absolute atomic E-state index is 12.0. The van der Waals surface area contributed by atoms with Crippen LogP contribution in [0.25, 0.3) is 22.4 Å². The topological polar surface area (TPSA) is 187 Å². The molecule has 0 bridgehead atoms. The second-order valence-corrected chi connectivity index (χ2v) is 8.69. The summed E-state index contributed by atoms with van der Waals surface area (Å²) in [6, 6.07) is 16.6. The fourth-order valence-electron chi connectivity index (χ4n) is 2.32. The van der Waals surface area contributed by atoms with Gasteiger partial charge in [0.2, 0.25) is 0 Å². The Labute approximate surface area is 211 Å². The van der Waals surface area contributed by atoms with Crippen LogP contribution in [-0.4, -0.2) is 50.9 Å². The Morgan fingerprint density at radius 1 is 1.00 bits per heavy atom. The Bertz CT molecular complexity index is 1100. The Morgan fingerprint density at radius 3 is 1.85 bits per heavy atom. The number of H-pyrrole nitrogens is 1. The van der Waals surface area contributed by atoms with E-state index >= 15 is 0 Å². The molecule has 1 aromatic heterocycles. The summed E-state index contributed by atoms with van der Waals surface area (Å²) < 4.78 is 23.9. The van der Waals surface area contributed by atoms with Crippen LogP contribution < -0.4 is 11.5 Å². The number of benzene rings is 2. The molecule has 0 fully saturated rings. The molecule has 0 spiro atoms. The van der Waals surface area contributed by atoms with Gasteiger partial charge in [0.1, 0.15) is 0 Å². The van der Waals surface area contributed by atoms with Crippen LogP contribution in [-0.2, 0) is 9.84 Å². The zero-order valence-electron chi connectivity index (χ0n) is 18.1. The summed E-state index contributed by atoms with van der Waals surface area (Å²) in [5.74, 6) is 0. The maximum atomic E-state index is 12.0. The summed E-state index contributed by atoms with van der Waals surface area (Å²) in [7, 11) is -3.30. The van der Waals surface area contributed by atoms with Crippen molar-refractivity contribution < 1.29 is 24.1 Å². The number of aromatic nitrogens is 2. The molecule has 0 atom stereocenters. The van der Waals surface area contributed by atoms with Crippen molar-refractivity contribution >= 4 is 44.6 Å². The molecule has 0 aliphatic rings. The molecule has 9 N–H and O–H groups in total. The van der Waals surface area contributed by atoms with E-state index in [9.17, 15) is 8.42 Å². The fraction of sp³-hybridized carbons (Fsp3) is 0.136. The van der Waals surface area contributed by atoms with Crippen molar-refractivity contribution in [3.05, 3.63) is 73.4 Å². The van der Waals surface area contributed by atoms with Crippen molar-refractivity contribution in [2.75, 3.05) is 6.26 Å². The van der Waals surface area contributed by atoms with E-state index in [0.29, 0.717) is 10.5 Å². The van der Waals surface area contributed by atoms with Gasteiger partial charge in [-0.2, -0.15) is 5.10 Å². The van der Waals surface area contributed by atoms with Crippen molar-refractivity contribution in [3.63, 3.8) is 0 Å². The van der Waals surface area contributed by atoms with Gasteiger partial charge in [0.15, 0.2) is 9.84 Å². The molecule has 1 heterocycles. The lowest BCUT2D eigenvalue weighted by molar-refractivity contribution is 0.559. The molecule has 3 rings (SSSR count). The average Bonchev–Trinajstić information content (AvgIpc) is 3.17. The van der Waals surface area contributed by atoms with Crippen LogP contribution in [0.2, 0.25) is 0 Å². The highest BCUT2D eigenvalue weighted by Gasteiger charge is 2.18. The van der Waals surface area contributed by atoms with Crippen molar-refractivity contribution in [2.45, 2.75) is 19.2 Å². The molecule has 34 heavy (non-hydrogen) atoms. The van der Waals surface area contributed by atoms with Gasteiger partial charge in [0, 0.05) is 29.1 Å². The number of aliphatic hydroxyl groups is 2. The smallest absolute Gasteiger partial charge is 0.251 e. The van der Waals surface area contributed by atoms with Gasteiger partial charge in [-0.05, 0) is 37.4 Å². The van der Waals surface area contributed by atoms with Crippen LogP contribution in [0.1, 0.15) is 14.4 Å². The lowest BCUT2D eigenvalue weighted by Crippen LogP contribution is -2.03. The van der Waals surface area contributed by atoms with Gasteiger partial charge in [-0.3, -0.25) is 5.10 Å². The van der Waals surface area contributed by atoms with Crippen LogP contribution in [0.5, 0.6) is 0 Å². The second-order valence-electron chi connectivity index (χ2n) is 5.87. The minimum absolute atomic E-state index is 0. The van der Waals surface area contributed by atoms with E-state index in [2.05, 4.69) is 52.7 Å². The van der Waals surface area contributed by atoms with E-state index in [1.54, 1.807) is 30.5 Å². The van der Waals surface area contributed by atoms with E-state index < -0.39 is 20.2 Å². The quantitative estimate of drug-likeness (QED) is 0.249. The number of aromatic amines is 1. The van der Waals surface area contributed by atoms with E-state index in [-0.39, 0.29) is 12.9 Å². The summed E-state index contributed by atoms with van der Waals surface area (Å²) in [5, 5.41) is 21.2. The second kappa shape index (κ2) is 18.1. The minimum atomic E-state index is -3.30. The first-order valence-corrected chi connectivity index (χ1v) is 11.6. The number of allylic oxidation sites excluding steroid dienone is 1. The van der Waals surface area contributed by atoms with Gasteiger partial charge in [-0.1, -0.05) is 62.0 Å². The van der Waals surface area contributed by atoms with Crippen LogP contribution in [0.15, 0.2) is 78.3 Å². The first-order chi connectivity index (χ1) is 14.9. The van der Waals surface area contributed by atoms with Gasteiger partial charge < -0.3 is 27.2 Å². The van der Waals surface area contributed by atoms with E-state index in [1.165, 1.54) is 6.26 Å². The molecule has 3 aromatic rings. The highest BCUT2D eigenvalue weighted by molar-refractivity contribution is 7.90. The molecular formula is C22H32N4O5S3. The Morgan fingerprint density at radius 2 is 1.41 bits per heavy atom. The molecule has 0 saturated heterocycles. The van der Waals surface area contributed by atoms with E-state index in [1.807, 2.05) is 43.3 Å². The molecular weight excluding hydrogens is 496 g/mol. The van der Waals surface area contributed by atoms with Crippen molar-refractivity contribution in [2.24, 2.45) is 11.5 Å². The number of hydrogen-bond acceptors (Lipinski definition) is 5. The third-order valence-electron chi connectivity index (χ3n) is 3.26. The first-order valence-electron chi connectivity index (χ1n) is 8.88. The summed E-state index contributed by atoms with van der Waals surface area (Å²) in [6.07, 6.45) is 4.69.